The molecule has 1 aliphatic rings. The minimum absolute atomic E-state index is 0.141. The number of halogens is 1. The smallest absolute Gasteiger partial charge is 0.338 e. The van der Waals surface area contributed by atoms with Gasteiger partial charge < -0.3 is 15.4 Å². The topological polar surface area (TPSA) is 92.7 Å². The maximum Gasteiger partial charge on any atom is 0.338 e. The van der Waals surface area contributed by atoms with Crippen molar-refractivity contribution in [2.75, 3.05) is 12.4 Å². The summed E-state index contributed by atoms with van der Waals surface area (Å²) in [7, 11) is 1.32. The number of hydrogen-bond acceptors (Lipinski definition) is 6. The first-order valence-corrected chi connectivity index (χ1v) is 11.1. The monoisotopic (exact) mass is 474 g/mol. The van der Waals surface area contributed by atoms with Crippen LogP contribution >= 0.6 is 11.6 Å². The van der Waals surface area contributed by atoms with Crippen molar-refractivity contribution in [3.05, 3.63) is 107 Å². The van der Waals surface area contributed by atoms with Gasteiger partial charge in [-0.15, -0.1) is 0 Å². The predicted molar refractivity (Wildman–Crippen MR) is 131 cm³/mol. The number of amides is 1. The Morgan fingerprint density at radius 3 is 2.47 bits per heavy atom. The highest BCUT2D eigenvalue weighted by molar-refractivity contribution is 6.31. The fourth-order valence-electron chi connectivity index (χ4n) is 3.68. The van der Waals surface area contributed by atoms with Gasteiger partial charge in [0.15, 0.2) is 5.84 Å². The average molecular weight is 475 g/mol. The molecule has 1 atom stereocenters. The van der Waals surface area contributed by atoms with E-state index >= 15 is 0 Å². The molecule has 34 heavy (non-hydrogen) atoms. The van der Waals surface area contributed by atoms with E-state index in [0.717, 1.165) is 0 Å². The third-order valence-corrected chi connectivity index (χ3v) is 5.64. The molecule has 0 aliphatic carbocycles. The molecule has 2 aromatic carbocycles. The predicted octanol–water partition coefficient (Wildman–Crippen LogP) is 4.67. The van der Waals surface area contributed by atoms with E-state index in [-0.39, 0.29) is 18.7 Å². The lowest BCUT2D eigenvalue weighted by Gasteiger charge is -2.27. The van der Waals surface area contributed by atoms with Gasteiger partial charge in [0, 0.05) is 34.6 Å². The van der Waals surface area contributed by atoms with Crippen LogP contribution in [-0.4, -0.2) is 29.8 Å². The molecule has 4 rings (SSSR count). The highest BCUT2D eigenvalue weighted by atomic mass is 35.5. The molecule has 0 spiro atoms. The van der Waals surface area contributed by atoms with E-state index in [0.29, 0.717) is 39.1 Å². The molecule has 0 saturated heterocycles. The van der Waals surface area contributed by atoms with E-state index in [2.05, 4.69) is 15.6 Å². The summed E-state index contributed by atoms with van der Waals surface area (Å²) in [4.78, 5) is 34.7. The molecule has 1 aromatic heterocycles. The largest absolute Gasteiger partial charge is 0.466 e. The number of nitrogens with zero attached hydrogens (tertiary/aromatic N) is 2. The summed E-state index contributed by atoms with van der Waals surface area (Å²) in [6, 6.07) is 21.2. The van der Waals surface area contributed by atoms with Crippen molar-refractivity contribution in [3.63, 3.8) is 0 Å². The average Bonchev–Trinajstić information content (AvgIpc) is 2.88. The number of benzene rings is 2. The van der Waals surface area contributed by atoms with Gasteiger partial charge in [0.1, 0.15) is 11.7 Å². The first-order chi connectivity index (χ1) is 16.6. The molecule has 0 bridgehead atoms. The zero-order valence-corrected chi connectivity index (χ0v) is 19.3. The molecule has 2 heterocycles. The number of aromatic nitrogens is 1. The van der Waals surface area contributed by atoms with E-state index in [9.17, 15) is 9.59 Å². The van der Waals surface area contributed by atoms with Gasteiger partial charge in [0.05, 0.1) is 12.7 Å². The zero-order chi connectivity index (χ0) is 23.9. The number of para-hydroxylation sites is 1. The summed E-state index contributed by atoms with van der Waals surface area (Å²) in [5, 5.41) is 6.56. The highest BCUT2D eigenvalue weighted by Crippen LogP contribution is 2.36. The van der Waals surface area contributed by atoms with Crippen molar-refractivity contribution in [1.82, 2.24) is 10.3 Å². The van der Waals surface area contributed by atoms with Crippen molar-refractivity contribution < 1.29 is 14.3 Å². The molecule has 172 valence electrons. The summed E-state index contributed by atoms with van der Waals surface area (Å²) in [6.45, 7) is 0. The zero-order valence-electron chi connectivity index (χ0n) is 18.5. The number of carbonyl (C=O) groups excluding carboxylic acids is 2. The minimum atomic E-state index is -0.716. The number of hydrogen-bond donors (Lipinski definition) is 2. The maximum absolute atomic E-state index is 12.9. The molecule has 1 aliphatic heterocycles. The van der Waals surface area contributed by atoms with E-state index in [1.165, 1.54) is 7.11 Å². The van der Waals surface area contributed by atoms with Crippen LogP contribution in [0.4, 0.5) is 5.69 Å². The van der Waals surface area contributed by atoms with Crippen LogP contribution < -0.4 is 10.6 Å². The number of aliphatic imine (C=N–C) groups is 1. The first-order valence-electron chi connectivity index (χ1n) is 10.7. The SMILES string of the molecule is COC(=O)C1=C(CCC(=O)Nc2ccccc2)NC(c2ccccn2)=NC1c1ccccc1Cl. The lowest BCUT2D eigenvalue weighted by atomic mass is 9.93. The van der Waals surface area contributed by atoms with Crippen molar-refractivity contribution in [1.29, 1.82) is 0 Å². The fraction of sp³-hybridized carbons (Fsp3) is 0.154. The van der Waals surface area contributed by atoms with Gasteiger partial charge in [0.2, 0.25) is 5.91 Å². The highest BCUT2D eigenvalue weighted by Gasteiger charge is 2.33. The molecule has 0 saturated carbocycles. The molecule has 3 aromatic rings. The third-order valence-electron chi connectivity index (χ3n) is 5.30. The number of allylic oxidation sites excluding steroid dienone is 1. The number of rotatable bonds is 7. The van der Waals surface area contributed by atoms with Crippen LogP contribution in [0, 0.1) is 0 Å². The molecule has 8 heteroatoms. The summed E-state index contributed by atoms with van der Waals surface area (Å²) in [5.41, 5.74) is 2.81. The molecule has 1 unspecified atom stereocenters. The van der Waals surface area contributed by atoms with Crippen LogP contribution in [0.15, 0.2) is 95.3 Å². The summed E-state index contributed by atoms with van der Waals surface area (Å²) in [5.74, 6) is -0.239. The van der Waals surface area contributed by atoms with Crippen LogP contribution in [0.5, 0.6) is 0 Å². The number of nitrogens with one attached hydrogen (secondary N) is 2. The molecule has 0 fully saturated rings. The first kappa shape index (κ1) is 23.2. The number of methoxy groups -OCH3 is 1. The second kappa shape index (κ2) is 10.8. The van der Waals surface area contributed by atoms with Gasteiger partial charge in [-0.25, -0.2) is 4.79 Å². The Morgan fingerprint density at radius 2 is 1.76 bits per heavy atom. The van der Waals surface area contributed by atoms with Crippen LogP contribution in [0.1, 0.15) is 30.1 Å². The summed E-state index contributed by atoms with van der Waals surface area (Å²) >= 11 is 6.49. The number of ether oxygens (including phenoxy) is 1. The van der Waals surface area contributed by atoms with Crippen LogP contribution in [0.3, 0.4) is 0 Å². The molecular formula is C26H23ClN4O3. The minimum Gasteiger partial charge on any atom is -0.466 e. The summed E-state index contributed by atoms with van der Waals surface area (Å²) in [6.07, 6.45) is 2.06. The standard InChI is InChI=1S/C26H23ClN4O3/c1-34-26(33)23-20(14-15-22(32)29-17-9-3-2-4-10-17)30-25(21-13-7-8-16-28-21)31-24(23)18-11-5-6-12-19(18)27/h2-13,16,24H,14-15H2,1H3,(H,29,32)(H,30,31). The van der Waals surface area contributed by atoms with Gasteiger partial charge >= 0.3 is 5.97 Å². The Kier molecular flexibility index (Phi) is 7.34. The molecule has 7 nitrogen and oxygen atoms in total. The lowest BCUT2D eigenvalue weighted by Crippen LogP contribution is -2.34. The number of carbonyl (C=O) groups is 2. The second-order valence-electron chi connectivity index (χ2n) is 7.54. The van der Waals surface area contributed by atoms with E-state index in [1.807, 2.05) is 66.7 Å². The normalized spacial score (nSPS) is 15.2. The Labute approximate surface area is 202 Å². The van der Waals surface area contributed by atoms with Crippen molar-refractivity contribution in [2.45, 2.75) is 18.9 Å². The van der Waals surface area contributed by atoms with Gasteiger partial charge in [-0.2, -0.15) is 0 Å². The Hall–Kier alpha value is -3.97. The van der Waals surface area contributed by atoms with Crippen LogP contribution in [0.2, 0.25) is 5.02 Å². The number of anilines is 1. The van der Waals surface area contributed by atoms with Crippen LogP contribution in [-0.2, 0) is 14.3 Å². The van der Waals surface area contributed by atoms with E-state index < -0.39 is 12.0 Å². The molecule has 2 N–H and O–H groups in total. The van der Waals surface area contributed by atoms with Gasteiger partial charge in [-0.3, -0.25) is 14.8 Å². The van der Waals surface area contributed by atoms with Gasteiger partial charge in [0.25, 0.3) is 0 Å². The molecule has 0 radical (unpaired) electrons. The molecular weight excluding hydrogens is 452 g/mol. The Balaban J connectivity index is 1.69. The number of amidine groups is 1. The number of esters is 1. The summed E-state index contributed by atoms with van der Waals surface area (Å²) < 4.78 is 5.09. The quantitative estimate of drug-likeness (QED) is 0.485. The molecule has 1 amide bonds. The third kappa shape index (κ3) is 5.32. The lowest BCUT2D eigenvalue weighted by molar-refractivity contribution is -0.136. The van der Waals surface area contributed by atoms with E-state index in [4.69, 9.17) is 21.3 Å². The van der Waals surface area contributed by atoms with Gasteiger partial charge in [-0.05, 0) is 36.8 Å². The Bertz CT molecular complexity index is 1240. The van der Waals surface area contributed by atoms with E-state index in [1.54, 1.807) is 12.3 Å². The van der Waals surface area contributed by atoms with Gasteiger partial charge in [-0.1, -0.05) is 54.1 Å². The second-order valence-corrected chi connectivity index (χ2v) is 7.95. The van der Waals surface area contributed by atoms with Crippen molar-refractivity contribution >= 4 is 35.0 Å². The Morgan fingerprint density at radius 1 is 1.03 bits per heavy atom. The fourth-order valence-corrected chi connectivity index (χ4v) is 3.92. The van der Waals surface area contributed by atoms with Crippen LogP contribution in [0.25, 0.3) is 0 Å². The number of pyridine rings is 1. The maximum atomic E-state index is 12.9. The van der Waals surface area contributed by atoms with Crippen molar-refractivity contribution in [3.8, 4) is 0 Å². The van der Waals surface area contributed by atoms with Crippen molar-refractivity contribution in [2.24, 2.45) is 4.99 Å².